The molecule has 1 fully saturated rings. The van der Waals surface area contributed by atoms with Crippen LogP contribution in [-0.4, -0.2) is 68.5 Å². The standard InChI is InChI=1S/C27H25BrN2O7/c1-30(2)21-15-10-11-9-14-12(13-5-3-4-6-16(13)28)7-8-17(31)19(14)22(32)18(11)24(34)27(15,37)25(35)20(23(21)33)26(29)36/h3-8,11,15,21,31-32,35,37H,9-10H2,1-2H3,(H2,29,36)/t11-,15-,21-,27-/m0/s1. The summed E-state index contributed by atoms with van der Waals surface area (Å²) in [5.41, 5.74) is 3.91. The Labute approximate surface area is 220 Å². The molecule has 9 nitrogen and oxygen atoms in total. The van der Waals surface area contributed by atoms with Crippen LogP contribution in [0.2, 0.25) is 0 Å². The molecule has 1 saturated carbocycles. The molecule has 0 unspecified atom stereocenters. The number of halogens is 1. The lowest BCUT2D eigenvalue weighted by Crippen LogP contribution is -2.65. The van der Waals surface area contributed by atoms with Crippen LogP contribution in [0.5, 0.6) is 5.75 Å². The molecule has 0 bridgehead atoms. The summed E-state index contributed by atoms with van der Waals surface area (Å²) < 4.78 is 0.797. The van der Waals surface area contributed by atoms with Crippen LogP contribution < -0.4 is 5.73 Å². The fourth-order valence-electron chi connectivity index (χ4n) is 6.18. The summed E-state index contributed by atoms with van der Waals surface area (Å²) in [6.45, 7) is 0. The second kappa shape index (κ2) is 8.54. The summed E-state index contributed by atoms with van der Waals surface area (Å²) in [6.07, 6.45) is 0.260. The van der Waals surface area contributed by atoms with Gasteiger partial charge in [0, 0.05) is 16.0 Å². The lowest BCUT2D eigenvalue weighted by atomic mass is 9.57. The minimum absolute atomic E-state index is 0.0385. The van der Waals surface area contributed by atoms with Gasteiger partial charge in [0.25, 0.3) is 5.91 Å². The van der Waals surface area contributed by atoms with Crippen LogP contribution in [-0.2, 0) is 20.8 Å². The molecule has 3 aliphatic carbocycles. The molecule has 0 radical (unpaired) electrons. The van der Waals surface area contributed by atoms with E-state index >= 15 is 0 Å². The number of benzene rings is 2. The predicted molar refractivity (Wildman–Crippen MR) is 137 cm³/mol. The number of rotatable bonds is 3. The van der Waals surface area contributed by atoms with Gasteiger partial charge >= 0.3 is 0 Å². The van der Waals surface area contributed by atoms with Crippen LogP contribution in [0, 0.1) is 11.8 Å². The average molecular weight is 569 g/mol. The van der Waals surface area contributed by atoms with Gasteiger partial charge in [0.15, 0.2) is 11.4 Å². The molecule has 10 heteroatoms. The highest BCUT2D eigenvalue weighted by Gasteiger charge is 2.64. The van der Waals surface area contributed by atoms with Gasteiger partial charge in [-0.15, -0.1) is 0 Å². The Morgan fingerprint density at radius 3 is 2.38 bits per heavy atom. The van der Waals surface area contributed by atoms with E-state index in [4.69, 9.17) is 5.73 Å². The Morgan fingerprint density at radius 2 is 1.76 bits per heavy atom. The minimum atomic E-state index is -2.65. The number of hydrogen-bond acceptors (Lipinski definition) is 8. The summed E-state index contributed by atoms with van der Waals surface area (Å²) in [4.78, 5) is 40.6. The zero-order chi connectivity index (χ0) is 27.0. The fraction of sp³-hybridized carbons (Fsp3) is 0.296. The van der Waals surface area contributed by atoms with Gasteiger partial charge in [-0.1, -0.05) is 40.2 Å². The molecule has 2 aromatic carbocycles. The summed E-state index contributed by atoms with van der Waals surface area (Å²) >= 11 is 3.54. The summed E-state index contributed by atoms with van der Waals surface area (Å²) in [7, 11) is 3.13. The second-order valence-electron chi connectivity index (χ2n) is 9.93. The van der Waals surface area contributed by atoms with Crippen LogP contribution in [0.25, 0.3) is 16.9 Å². The number of phenolic OH excluding ortho intramolecular Hbond substituents is 1. The smallest absolute Gasteiger partial charge is 0.255 e. The number of carbonyl (C=O) groups is 3. The van der Waals surface area contributed by atoms with E-state index < -0.39 is 58.0 Å². The first-order valence-corrected chi connectivity index (χ1v) is 12.4. The van der Waals surface area contributed by atoms with Crippen molar-refractivity contribution >= 4 is 39.2 Å². The van der Waals surface area contributed by atoms with E-state index in [1.165, 1.54) is 11.0 Å². The topological polar surface area (TPSA) is 161 Å². The third-order valence-electron chi connectivity index (χ3n) is 7.77. The largest absolute Gasteiger partial charge is 0.508 e. The molecule has 0 spiro atoms. The zero-order valence-corrected chi connectivity index (χ0v) is 21.6. The molecule has 3 aliphatic rings. The maximum atomic E-state index is 13.9. The van der Waals surface area contributed by atoms with Crippen molar-refractivity contribution in [1.82, 2.24) is 4.90 Å². The van der Waals surface area contributed by atoms with Gasteiger partial charge in [-0.3, -0.25) is 19.3 Å². The first-order chi connectivity index (χ1) is 17.4. The number of Topliss-reactive ketones (excluding diaryl/α,β-unsaturated/α-hetero) is 2. The van der Waals surface area contributed by atoms with Crippen molar-refractivity contribution < 1.29 is 34.8 Å². The number of hydrogen-bond donors (Lipinski definition) is 5. The Balaban J connectivity index is 1.76. The summed E-state index contributed by atoms with van der Waals surface area (Å²) in [5.74, 6) is -6.69. The minimum Gasteiger partial charge on any atom is -0.508 e. The van der Waals surface area contributed by atoms with Crippen molar-refractivity contribution in [1.29, 1.82) is 0 Å². The lowest BCUT2D eigenvalue weighted by molar-refractivity contribution is -0.153. The van der Waals surface area contributed by atoms with Crippen LogP contribution in [0.4, 0.5) is 0 Å². The van der Waals surface area contributed by atoms with E-state index in [9.17, 15) is 34.8 Å². The molecule has 0 aromatic heterocycles. The van der Waals surface area contributed by atoms with Crippen molar-refractivity contribution in [2.24, 2.45) is 17.6 Å². The SMILES string of the molecule is CN(C)[C@@H]1C(=O)C(C(N)=O)=C(O)[C@@]2(O)C(=O)C3=C(O)c4c(O)ccc(-c5ccccc5Br)c4C[C@H]3C[C@@H]12. The maximum absolute atomic E-state index is 13.9. The van der Waals surface area contributed by atoms with Gasteiger partial charge in [0.2, 0.25) is 5.78 Å². The highest BCUT2D eigenvalue weighted by atomic mass is 79.9. The molecule has 1 amide bonds. The molecule has 5 rings (SSSR count). The first kappa shape index (κ1) is 25.2. The second-order valence-corrected chi connectivity index (χ2v) is 10.8. The summed E-state index contributed by atoms with van der Waals surface area (Å²) in [6, 6.07) is 9.49. The quantitative estimate of drug-likeness (QED) is 0.352. The number of amides is 1. The van der Waals surface area contributed by atoms with Gasteiger partial charge in [-0.05, 0) is 61.7 Å². The number of nitrogens with zero attached hydrogens (tertiary/aromatic N) is 1. The molecule has 2 aromatic rings. The van der Waals surface area contributed by atoms with Crippen LogP contribution >= 0.6 is 15.9 Å². The van der Waals surface area contributed by atoms with E-state index in [-0.39, 0.29) is 29.7 Å². The fourth-order valence-corrected chi connectivity index (χ4v) is 6.67. The van der Waals surface area contributed by atoms with Gasteiger partial charge in [0.05, 0.1) is 11.6 Å². The zero-order valence-electron chi connectivity index (χ0n) is 20.0. The van der Waals surface area contributed by atoms with Crippen molar-refractivity contribution in [2.75, 3.05) is 14.1 Å². The highest BCUT2D eigenvalue weighted by molar-refractivity contribution is 9.10. The molecular weight excluding hydrogens is 544 g/mol. The third-order valence-corrected chi connectivity index (χ3v) is 8.46. The van der Waals surface area contributed by atoms with E-state index in [0.717, 1.165) is 15.6 Å². The number of carbonyl (C=O) groups excluding carboxylic acids is 3. The van der Waals surface area contributed by atoms with Crippen molar-refractivity contribution in [3.05, 3.63) is 68.9 Å². The molecule has 0 saturated heterocycles. The number of nitrogens with two attached hydrogens (primary N) is 1. The normalized spacial score (nSPS) is 27.2. The van der Waals surface area contributed by atoms with Crippen LogP contribution in [0.15, 0.2) is 57.8 Å². The Morgan fingerprint density at radius 1 is 1.08 bits per heavy atom. The number of aromatic hydroxyl groups is 1. The van der Waals surface area contributed by atoms with E-state index in [1.807, 2.05) is 24.3 Å². The van der Waals surface area contributed by atoms with Gasteiger partial charge in [0.1, 0.15) is 22.8 Å². The van der Waals surface area contributed by atoms with Crippen molar-refractivity contribution in [2.45, 2.75) is 24.5 Å². The number of ketones is 2. The van der Waals surface area contributed by atoms with Gasteiger partial charge < -0.3 is 26.2 Å². The monoisotopic (exact) mass is 568 g/mol. The lowest BCUT2D eigenvalue weighted by Gasteiger charge is -2.50. The van der Waals surface area contributed by atoms with Crippen molar-refractivity contribution in [3.63, 3.8) is 0 Å². The Hall–Kier alpha value is -3.47. The van der Waals surface area contributed by atoms with Crippen LogP contribution in [0.3, 0.4) is 0 Å². The number of aliphatic hydroxyl groups is 3. The molecule has 37 heavy (non-hydrogen) atoms. The van der Waals surface area contributed by atoms with Gasteiger partial charge in [-0.2, -0.15) is 0 Å². The van der Waals surface area contributed by atoms with E-state index in [0.29, 0.717) is 5.56 Å². The number of primary amides is 1. The molecule has 0 heterocycles. The number of aliphatic hydroxyl groups excluding tert-OH is 2. The Kier molecular flexibility index (Phi) is 5.82. The van der Waals surface area contributed by atoms with Gasteiger partial charge in [-0.25, -0.2) is 0 Å². The number of phenols is 1. The summed E-state index contributed by atoms with van der Waals surface area (Å²) in [5, 5.41) is 44.6. The predicted octanol–water partition coefficient (Wildman–Crippen LogP) is 2.39. The van der Waals surface area contributed by atoms with E-state index in [2.05, 4.69) is 15.9 Å². The molecular formula is C27H25BrN2O7. The maximum Gasteiger partial charge on any atom is 0.255 e. The first-order valence-electron chi connectivity index (χ1n) is 11.7. The number of fused-ring (bicyclic) bond motifs is 3. The van der Waals surface area contributed by atoms with E-state index in [1.54, 1.807) is 20.2 Å². The highest BCUT2D eigenvalue weighted by Crippen LogP contribution is 2.53. The Bertz CT molecular complexity index is 1460. The number of likely N-dealkylation sites (N-methyl/N-ethyl adjacent to an activating group) is 1. The molecule has 4 atom stereocenters. The average Bonchev–Trinajstić information content (AvgIpc) is 2.82. The molecule has 0 aliphatic heterocycles. The van der Waals surface area contributed by atoms with Crippen LogP contribution in [0.1, 0.15) is 17.5 Å². The molecule has 192 valence electrons. The molecule has 6 N–H and O–H groups in total. The third kappa shape index (κ3) is 3.39. The van der Waals surface area contributed by atoms with Crippen molar-refractivity contribution in [3.8, 4) is 16.9 Å².